The summed E-state index contributed by atoms with van der Waals surface area (Å²) in [7, 11) is 1.96. The van der Waals surface area contributed by atoms with Crippen molar-refractivity contribution in [3.8, 4) is 0 Å². The Morgan fingerprint density at radius 3 is 2.54 bits per heavy atom. The van der Waals surface area contributed by atoms with Gasteiger partial charge in [-0.1, -0.05) is 54.6 Å². The van der Waals surface area contributed by atoms with Crippen molar-refractivity contribution in [2.75, 3.05) is 6.54 Å². The molecule has 138 valence electrons. The fraction of sp³-hybridized carbons (Fsp3) is 0.125. The highest BCUT2D eigenvalue weighted by molar-refractivity contribution is 6.10. The van der Waals surface area contributed by atoms with E-state index in [1.165, 1.54) is 0 Å². The number of aromatic nitrogens is 1. The van der Waals surface area contributed by atoms with Gasteiger partial charge < -0.3 is 13.9 Å². The number of amides is 1. The molecule has 5 rings (SSSR count). The lowest BCUT2D eigenvalue weighted by Gasteiger charge is -2.21. The fourth-order valence-electron chi connectivity index (χ4n) is 4.05. The first kappa shape index (κ1) is 16.6. The Hall–Kier alpha value is -3.53. The van der Waals surface area contributed by atoms with Gasteiger partial charge in [0.1, 0.15) is 11.5 Å². The zero-order valence-corrected chi connectivity index (χ0v) is 15.6. The first-order chi connectivity index (χ1) is 13.7. The summed E-state index contributed by atoms with van der Waals surface area (Å²) in [5, 5.41) is 1.07. The Bertz CT molecular complexity index is 1180. The van der Waals surface area contributed by atoms with E-state index in [0.29, 0.717) is 18.8 Å². The Labute approximate surface area is 163 Å². The highest BCUT2D eigenvalue weighted by Crippen LogP contribution is 2.37. The van der Waals surface area contributed by atoms with E-state index in [0.717, 1.165) is 33.4 Å². The second-order valence-corrected chi connectivity index (χ2v) is 7.07. The molecule has 1 amide bonds. The SMILES string of the molecule is Cn1c2c(c3ccccc31)C(c1ccco1)=CCN(Cc1ccccc1)C2=O. The van der Waals surface area contributed by atoms with Crippen molar-refractivity contribution in [1.82, 2.24) is 9.47 Å². The zero-order valence-electron chi connectivity index (χ0n) is 15.6. The number of rotatable bonds is 3. The summed E-state index contributed by atoms with van der Waals surface area (Å²) in [6.07, 6.45) is 3.79. The number of furan rings is 1. The molecule has 1 aliphatic heterocycles. The second kappa shape index (κ2) is 6.57. The zero-order chi connectivity index (χ0) is 19.1. The number of aryl methyl sites for hydroxylation is 1. The maximum absolute atomic E-state index is 13.6. The highest BCUT2D eigenvalue weighted by Gasteiger charge is 2.30. The van der Waals surface area contributed by atoms with Crippen LogP contribution in [0, 0.1) is 0 Å². The van der Waals surface area contributed by atoms with Crippen LogP contribution < -0.4 is 0 Å². The fourth-order valence-corrected chi connectivity index (χ4v) is 4.05. The number of fused-ring (bicyclic) bond motifs is 3. The first-order valence-electron chi connectivity index (χ1n) is 9.39. The molecule has 2 aromatic heterocycles. The van der Waals surface area contributed by atoms with Crippen molar-refractivity contribution in [2.24, 2.45) is 7.05 Å². The van der Waals surface area contributed by atoms with Crippen molar-refractivity contribution in [1.29, 1.82) is 0 Å². The minimum absolute atomic E-state index is 0.0374. The Balaban J connectivity index is 1.71. The highest BCUT2D eigenvalue weighted by atomic mass is 16.3. The molecule has 0 aliphatic carbocycles. The van der Waals surface area contributed by atoms with E-state index in [9.17, 15) is 4.79 Å². The maximum Gasteiger partial charge on any atom is 0.271 e. The normalized spacial score (nSPS) is 14.1. The lowest BCUT2D eigenvalue weighted by Crippen LogP contribution is -2.31. The van der Waals surface area contributed by atoms with Crippen LogP contribution in [0.4, 0.5) is 0 Å². The van der Waals surface area contributed by atoms with Crippen LogP contribution in [-0.2, 0) is 13.6 Å². The van der Waals surface area contributed by atoms with Gasteiger partial charge in [-0.25, -0.2) is 0 Å². The van der Waals surface area contributed by atoms with Gasteiger partial charge in [-0.2, -0.15) is 0 Å². The molecular formula is C24H20N2O2. The number of hydrogen-bond acceptors (Lipinski definition) is 2. The van der Waals surface area contributed by atoms with Crippen LogP contribution in [0.5, 0.6) is 0 Å². The van der Waals surface area contributed by atoms with Crippen LogP contribution in [0.15, 0.2) is 83.5 Å². The van der Waals surface area contributed by atoms with Crippen molar-refractivity contribution in [3.63, 3.8) is 0 Å². The number of carbonyl (C=O) groups is 1. The molecule has 3 heterocycles. The van der Waals surface area contributed by atoms with E-state index in [1.807, 2.05) is 59.0 Å². The summed E-state index contributed by atoms with van der Waals surface area (Å²) in [4.78, 5) is 15.5. The van der Waals surface area contributed by atoms with Crippen LogP contribution in [0.2, 0.25) is 0 Å². The predicted molar refractivity (Wildman–Crippen MR) is 110 cm³/mol. The standard InChI is InChI=1S/C24H20N2O2/c1-25-20-11-6-5-10-18(20)22-19(21-12-7-15-28-21)13-14-26(24(27)23(22)25)16-17-8-3-2-4-9-17/h2-13,15H,14,16H2,1H3. The van der Waals surface area contributed by atoms with E-state index in [1.54, 1.807) is 6.26 Å². The largest absolute Gasteiger partial charge is 0.464 e. The second-order valence-electron chi connectivity index (χ2n) is 7.07. The third-order valence-corrected chi connectivity index (χ3v) is 5.38. The number of benzene rings is 2. The minimum Gasteiger partial charge on any atom is -0.464 e. The van der Waals surface area contributed by atoms with Gasteiger partial charge in [-0.15, -0.1) is 0 Å². The third-order valence-electron chi connectivity index (χ3n) is 5.38. The van der Waals surface area contributed by atoms with Crippen molar-refractivity contribution in [3.05, 3.63) is 102 Å². The number of hydrogen-bond donors (Lipinski definition) is 0. The number of para-hydroxylation sites is 1. The number of carbonyl (C=O) groups excluding carboxylic acids is 1. The van der Waals surface area contributed by atoms with E-state index < -0.39 is 0 Å². The Kier molecular flexibility index (Phi) is 3.90. The van der Waals surface area contributed by atoms with Crippen LogP contribution in [0.3, 0.4) is 0 Å². The van der Waals surface area contributed by atoms with Gasteiger partial charge in [0.25, 0.3) is 5.91 Å². The average molecular weight is 368 g/mol. The van der Waals surface area contributed by atoms with Gasteiger partial charge in [0.15, 0.2) is 0 Å². The average Bonchev–Trinajstić information content (AvgIpc) is 3.32. The molecule has 0 fully saturated rings. The van der Waals surface area contributed by atoms with E-state index in [4.69, 9.17) is 4.42 Å². The molecule has 0 spiro atoms. The van der Waals surface area contributed by atoms with Gasteiger partial charge in [0.05, 0.1) is 6.26 Å². The molecule has 0 saturated heterocycles. The quantitative estimate of drug-likeness (QED) is 0.518. The summed E-state index contributed by atoms with van der Waals surface area (Å²) in [6, 6.07) is 22.1. The molecule has 1 aliphatic rings. The monoisotopic (exact) mass is 368 g/mol. The smallest absolute Gasteiger partial charge is 0.271 e. The first-order valence-corrected chi connectivity index (χ1v) is 9.39. The lowest BCUT2D eigenvalue weighted by atomic mass is 10.00. The molecule has 4 nitrogen and oxygen atoms in total. The predicted octanol–water partition coefficient (Wildman–Crippen LogP) is 4.86. The van der Waals surface area contributed by atoms with Gasteiger partial charge in [0, 0.05) is 42.2 Å². The topological polar surface area (TPSA) is 38.4 Å². The third kappa shape index (κ3) is 2.57. The molecule has 0 saturated carbocycles. The van der Waals surface area contributed by atoms with Crippen LogP contribution >= 0.6 is 0 Å². The summed E-state index contributed by atoms with van der Waals surface area (Å²) in [6.45, 7) is 1.11. The molecule has 0 radical (unpaired) electrons. The molecular weight excluding hydrogens is 348 g/mol. The van der Waals surface area contributed by atoms with Gasteiger partial charge >= 0.3 is 0 Å². The minimum atomic E-state index is 0.0374. The molecule has 0 N–H and O–H groups in total. The Morgan fingerprint density at radius 1 is 0.964 bits per heavy atom. The summed E-state index contributed by atoms with van der Waals surface area (Å²) in [5.74, 6) is 0.822. The molecule has 0 atom stereocenters. The van der Waals surface area contributed by atoms with Crippen molar-refractivity contribution < 1.29 is 9.21 Å². The van der Waals surface area contributed by atoms with E-state index in [2.05, 4.69) is 30.3 Å². The van der Waals surface area contributed by atoms with Crippen LogP contribution in [-0.4, -0.2) is 21.9 Å². The van der Waals surface area contributed by atoms with Gasteiger partial charge in [-0.3, -0.25) is 4.79 Å². The summed E-state index contributed by atoms with van der Waals surface area (Å²) < 4.78 is 7.73. The molecule has 2 aromatic carbocycles. The van der Waals surface area contributed by atoms with E-state index in [-0.39, 0.29) is 5.91 Å². The molecule has 28 heavy (non-hydrogen) atoms. The summed E-state index contributed by atoms with van der Waals surface area (Å²) >= 11 is 0. The van der Waals surface area contributed by atoms with Gasteiger partial charge in [-0.05, 0) is 23.8 Å². The van der Waals surface area contributed by atoms with Crippen molar-refractivity contribution >= 4 is 22.4 Å². The molecule has 4 aromatic rings. The molecule has 0 bridgehead atoms. The molecule has 0 unspecified atom stereocenters. The number of nitrogens with zero attached hydrogens (tertiary/aromatic N) is 2. The lowest BCUT2D eigenvalue weighted by molar-refractivity contribution is 0.0755. The van der Waals surface area contributed by atoms with Crippen LogP contribution in [0.1, 0.15) is 27.4 Å². The Morgan fingerprint density at radius 2 is 1.75 bits per heavy atom. The maximum atomic E-state index is 13.6. The van der Waals surface area contributed by atoms with E-state index >= 15 is 0 Å². The van der Waals surface area contributed by atoms with Gasteiger partial charge in [0.2, 0.25) is 0 Å². The van der Waals surface area contributed by atoms with Crippen molar-refractivity contribution in [2.45, 2.75) is 6.54 Å². The van der Waals surface area contributed by atoms with Crippen LogP contribution in [0.25, 0.3) is 16.5 Å². The summed E-state index contributed by atoms with van der Waals surface area (Å²) in [5.41, 5.74) is 4.79. The molecule has 4 heteroatoms.